The maximum Gasteiger partial charge on any atom is 0.423 e. The van der Waals surface area contributed by atoms with Gasteiger partial charge in [0.2, 0.25) is 0 Å². The number of benzene rings is 1. The van der Waals surface area contributed by atoms with E-state index < -0.39 is 40.0 Å². The lowest BCUT2D eigenvalue weighted by Gasteiger charge is -2.10. The Hall–Kier alpha value is -2.65. The van der Waals surface area contributed by atoms with Crippen LogP contribution in [-0.4, -0.2) is 16.9 Å². The van der Waals surface area contributed by atoms with Crippen LogP contribution in [0.3, 0.4) is 0 Å². The number of nitro groups is 1. The summed E-state index contributed by atoms with van der Waals surface area (Å²) in [6.07, 6.45) is -5.06. The number of nitro benzene ring substituents is 1. The average Bonchev–Trinajstić information content (AvgIpc) is 2.27. The number of ether oxygens (including phenoxy) is 1. The summed E-state index contributed by atoms with van der Waals surface area (Å²) >= 11 is 0. The van der Waals surface area contributed by atoms with Gasteiger partial charge < -0.3 is 14.6 Å². The van der Waals surface area contributed by atoms with E-state index in [0.29, 0.717) is 12.1 Å². The van der Waals surface area contributed by atoms with Crippen molar-refractivity contribution in [1.82, 2.24) is 0 Å². The molecule has 0 aliphatic carbocycles. The first-order valence-corrected chi connectivity index (χ1v) is 4.41. The molecule has 10 heteroatoms. The van der Waals surface area contributed by atoms with E-state index in [1.54, 1.807) is 0 Å². The Balaban J connectivity index is 3.23. The van der Waals surface area contributed by atoms with Gasteiger partial charge in [0, 0.05) is 12.1 Å². The molecule has 102 valence electrons. The minimum absolute atomic E-state index is 0.152. The Morgan fingerprint density at radius 3 is 2.26 bits per heavy atom. The highest BCUT2D eigenvalue weighted by Gasteiger charge is 2.38. The Morgan fingerprint density at radius 2 is 1.84 bits per heavy atom. The molecule has 0 N–H and O–H groups in total. The van der Waals surface area contributed by atoms with E-state index in [9.17, 15) is 38.0 Å². The van der Waals surface area contributed by atoms with Gasteiger partial charge in [-0.15, -0.1) is 0 Å². The maximum absolute atomic E-state index is 12.5. The number of halogens is 3. The molecule has 0 saturated heterocycles. The van der Waals surface area contributed by atoms with Crippen molar-refractivity contribution in [2.24, 2.45) is 0 Å². The molecule has 0 aromatic heterocycles. The molecule has 0 heterocycles. The number of carboxylic acids is 1. The molecule has 1 aromatic rings. The first kappa shape index (κ1) is 14.4. The second-order valence-electron chi connectivity index (χ2n) is 3.11. The van der Waals surface area contributed by atoms with Crippen molar-refractivity contribution >= 4 is 17.6 Å². The summed E-state index contributed by atoms with van der Waals surface area (Å²) in [6, 6.07) is 1.26. The van der Waals surface area contributed by atoms with Gasteiger partial charge in [-0.2, -0.15) is 13.2 Å². The number of hydrogen-bond donors (Lipinski definition) is 0. The number of hydrogen-bond acceptors (Lipinski definition) is 6. The van der Waals surface area contributed by atoms with E-state index in [1.165, 1.54) is 0 Å². The van der Waals surface area contributed by atoms with Gasteiger partial charge in [-0.25, -0.2) is 4.79 Å². The van der Waals surface area contributed by atoms with Gasteiger partial charge in [0.25, 0.3) is 5.69 Å². The third-order valence-electron chi connectivity index (χ3n) is 1.85. The fourth-order valence-corrected chi connectivity index (χ4v) is 1.11. The third-order valence-corrected chi connectivity index (χ3v) is 1.85. The molecule has 0 unspecified atom stereocenters. The van der Waals surface area contributed by atoms with Gasteiger partial charge in [-0.3, -0.25) is 10.1 Å². The first-order chi connectivity index (χ1) is 8.62. The molecular formula is C9H3F3NO6-. The van der Waals surface area contributed by atoms with E-state index in [4.69, 9.17) is 0 Å². The van der Waals surface area contributed by atoms with Gasteiger partial charge in [0.05, 0.1) is 4.92 Å². The molecule has 0 aliphatic heterocycles. The van der Waals surface area contributed by atoms with Gasteiger partial charge in [-0.1, -0.05) is 0 Å². The van der Waals surface area contributed by atoms with Crippen molar-refractivity contribution in [3.05, 3.63) is 33.9 Å². The summed E-state index contributed by atoms with van der Waals surface area (Å²) in [5.41, 5.74) is -2.91. The second-order valence-corrected chi connectivity index (χ2v) is 3.11. The van der Waals surface area contributed by atoms with Crippen molar-refractivity contribution < 1.29 is 37.5 Å². The molecule has 0 bridgehead atoms. The quantitative estimate of drug-likeness (QED) is 0.252. The Kier molecular flexibility index (Phi) is 3.73. The van der Waals surface area contributed by atoms with Crippen LogP contribution in [0.25, 0.3) is 0 Å². The molecule has 1 aromatic carbocycles. The monoisotopic (exact) mass is 278 g/mol. The topological polar surface area (TPSA) is 110 Å². The highest BCUT2D eigenvalue weighted by atomic mass is 19.4. The maximum atomic E-state index is 12.5. The van der Waals surface area contributed by atoms with E-state index in [1.807, 2.05) is 0 Å². The summed E-state index contributed by atoms with van der Waals surface area (Å²) in [7, 11) is 0. The van der Waals surface area contributed by atoms with Crippen molar-refractivity contribution in [2.75, 3.05) is 0 Å². The number of nitrogens with zero attached hydrogens (tertiary/aromatic N) is 1. The smallest absolute Gasteiger partial charge is 0.423 e. The summed E-state index contributed by atoms with van der Waals surface area (Å²) in [5.74, 6) is -4.97. The van der Waals surface area contributed by atoms with Crippen LogP contribution in [0.5, 0.6) is 5.75 Å². The van der Waals surface area contributed by atoms with E-state index in [2.05, 4.69) is 4.74 Å². The number of esters is 1. The molecule has 0 saturated carbocycles. The van der Waals surface area contributed by atoms with E-state index >= 15 is 0 Å². The molecule has 0 fully saturated rings. The molecule has 0 radical (unpaired) electrons. The number of carboxylic acid groups (broad SMARTS) is 1. The van der Waals surface area contributed by atoms with Crippen LogP contribution in [0.4, 0.5) is 18.9 Å². The van der Waals surface area contributed by atoms with Crippen LogP contribution in [0, 0.1) is 10.1 Å². The third kappa shape index (κ3) is 3.40. The van der Waals surface area contributed by atoms with Crippen molar-refractivity contribution in [2.45, 2.75) is 6.18 Å². The molecule has 19 heavy (non-hydrogen) atoms. The van der Waals surface area contributed by atoms with Crippen molar-refractivity contribution in [1.29, 1.82) is 0 Å². The van der Waals surface area contributed by atoms with Gasteiger partial charge >= 0.3 is 12.1 Å². The fraction of sp³-hybridized carbons (Fsp3) is 0.111. The second kappa shape index (κ2) is 4.92. The van der Waals surface area contributed by atoms with Crippen LogP contribution in [0.1, 0.15) is 5.56 Å². The standard InChI is InChI=1S/C9H4F3NO6/c10-9(11,12)5-3-4(19-8(16)7(14)15)1-2-6(5)13(17)18/h1-3H,(H,14,15)/p-1. The predicted octanol–water partition coefficient (Wildman–Crippen LogP) is 0.269. The lowest BCUT2D eigenvalue weighted by atomic mass is 10.1. The number of alkyl halides is 3. The normalized spacial score (nSPS) is 10.9. The predicted molar refractivity (Wildman–Crippen MR) is 48.7 cm³/mol. The highest BCUT2D eigenvalue weighted by molar-refractivity contribution is 6.28. The average molecular weight is 278 g/mol. The number of rotatable bonds is 2. The van der Waals surface area contributed by atoms with Crippen LogP contribution >= 0.6 is 0 Å². The highest BCUT2D eigenvalue weighted by Crippen LogP contribution is 2.38. The molecule has 0 aliphatic rings. The molecule has 0 spiro atoms. The Labute approximate surface area is 102 Å². The number of carbonyl (C=O) groups is 2. The van der Waals surface area contributed by atoms with Crippen LogP contribution in [-0.2, 0) is 15.8 Å². The molecular weight excluding hydrogens is 275 g/mol. The number of aliphatic carboxylic acids is 1. The summed E-state index contributed by atoms with van der Waals surface area (Å²) in [4.78, 5) is 29.8. The number of carbonyl (C=O) groups excluding carboxylic acids is 2. The van der Waals surface area contributed by atoms with E-state index in [0.717, 1.165) is 0 Å². The SMILES string of the molecule is O=C([O-])C(=O)Oc1ccc([N+](=O)[O-])c(C(F)(F)F)c1. The first-order valence-electron chi connectivity index (χ1n) is 4.41. The van der Waals surface area contributed by atoms with Gasteiger partial charge in [-0.05, 0) is 6.07 Å². The van der Waals surface area contributed by atoms with Crippen LogP contribution in [0.15, 0.2) is 18.2 Å². The zero-order valence-corrected chi connectivity index (χ0v) is 8.76. The molecule has 7 nitrogen and oxygen atoms in total. The molecule has 0 amide bonds. The van der Waals surface area contributed by atoms with Crippen LogP contribution in [0.2, 0.25) is 0 Å². The van der Waals surface area contributed by atoms with Gasteiger partial charge in [0.1, 0.15) is 11.3 Å². The lowest BCUT2D eigenvalue weighted by Crippen LogP contribution is -2.35. The summed E-state index contributed by atoms with van der Waals surface area (Å²) in [5, 5.41) is 20.4. The Morgan fingerprint density at radius 1 is 1.26 bits per heavy atom. The van der Waals surface area contributed by atoms with E-state index in [-0.39, 0.29) is 6.07 Å². The van der Waals surface area contributed by atoms with Crippen molar-refractivity contribution in [3.8, 4) is 5.75 Å². The molecule has 1 rings (SSSR count). The van der Waals surface area contributed by atoms with Crippen LogP contribution < -0.4 is 9.84 Å². The summed E-state index contributed by atoms with van der Waals surface area (Å²) in [6.45, 7) is 0. The Bertz CT molecular complexity index is 553. The van der Waals surface area contributed by atoms with Gasteiger partial charge in [0.15, 0.2) is 5.97 Å². The van der Waals surface area contributed by atoms with Crippen molar-refractivity contribution in [3.63, 3.8) is 0 Å². The summed E-state index contributed by atoms with van der Waals surface area (Å²) < 4.78 is 41.6. The lowest BCUT2D eigenvalue weighted by molar-refractivity contribution is -0.388. The minimum atomic E-state index is -5.06. The largest absolute Gasteiger partial charge is 0.539 e. The molecule has 0 atom stereocenters. The minimum Gasteiger partial charge on any atom is -0.539 e. The zero-order valence-electron chi connectivity index (χ0n) is 8.76. The fourth-order valence-electron chi connectivity index (χ4n) is 1.11. The zero-order chi connectivity index (χ0) is 14.8.